The predicted molar refractivity (Wildman–Crippen MR) is 106 cm³/mol. The molecule has 0 saturated carbocycles. The maximum Gasteiger partial charge on any atom is 0.261 e. The van der Waals surface area contributed by atoms with Gasteiger partial charge in [0, 0.05) is 26.2 Å². The summed E-state index contributed by atoms with van der Waals surface area (Å²) in [7, 11) is 0. The van der Waals surface area contributed by atoms with Gasteiger partial charge in [-0.05, 0) is 30.2 Å². The zero-order valence-electron chi connectivity index (χ0n) is 15.5. The van der Waals surface area contributed by atoms with Gasteiger partial charge in [-0.1, -0.05) is 48.0 Å². The molecule has 1 atom stereocenters. The van der Waals surface area contributed by atoms with Gasteiger partial charge in [-0.2, -0.15) is 0 Å². The zero-order chi connectivity index (χ0) is 19.1. The van der Waals surface area contributed by atoms with Gasteiger partial charge in [0.15, 0.2) is 6.10 Å². The summed E-state index contributed by atoms with van der Waals surface area (Å²) in [4.78, 5) is 14.8. The van der Waals surface area contributed by atoms with Gasteiger partial charge in [0.25, 0.3) is 5.91 Å². The maximum absolute atomic E-state index is 12.4. The summed E-state index contributed by atoms with van der Waals surface area (Å²) < 4.78 is 11.1. The number of para-hydroxylation sites is 1. The lowest BCUT2D eigenvalue weighted by molar-refractivity contribution is -0.127. The highest BCUT2D eigenvalue weighted by molar-refractivity contribution is 6.32. The minimum Gasteiger partial charge on any atom is -0.479 e. The van der Waals surface area contributed by atoms with E-state index >= 15 is 0 Å². The number of rotatable bonds is 7. The molecule has 1 heterocycles. The highest BCUT2D eigenvalue weighted by Gasteiger charge is 2.17. The molecule has 3 rings (SSSR count). The quantitative estimate of drug-likeness (QED) is 0.791. The van der Waals surface area contributed by atoms with E-state index in [4.69, 9.17) is 21.1 Å². The van der Waals surface area contributed by atoms with E-state index in [9.17, 15) is 4.79 Å². The number of hydrogen-bond acceptors (Lipinski definition) is 4. The minimum absolute atomic E-state index is 0.170. The lowest BCUT2D eigenvalue weighted by Crippen LogP contribution is -2.37. The fraction of sp³-hybridized carbons (Fsp3) is 0.381. The van der Waals surface area contributed by atoms with Crippen LogP contribution in [-0.4, -0.2) is 43.2 Å². The van der Waals surface area contributed by atoms with E-state index in [1.54, 1.807) is 19.1 Å². The molecule has 0 spiro atoms. The topological polar surface area (TPSA) is 50.8 Å². The third-order valence-electron chi connectivity index (χ3n) is 4.58. The van der Waals surface area contributed by atoms with Crippen LogP contribution in [0.1, 0.15) is 18.1 Å². The summed E-state index contributed by atoms with van der Waals surface area (Å²) >= 11 is 6.09. The third kappa shape index (κ3) is 5.70. The summed E-state index contributed by atoms with van der Waals surface area (Å²) in [5.41, 5.74) is 2.33. The Labute approximate surface area is 165 Å². The van der Waals surface area contributed by atoms with Crippen LogP contribution in [0, 0.1) is 0 Å². The SMILES string of the molecule is CC(Oc1ccccc1Cl)C(=O)NCc1ccccc1CN1CCOCC1. The number of morpholine rings is 1. The van der Waals surface area contributed by atoms with Crippen molar-refractivity contribution in [3.63, 3.8) is 0 Å². The first kappa shape index (κ1) is 19.7. The van der Waals surface area contributed by atoms with E-state index in [0.717, 1.165) is 38.4 Å². The van der Waals surface area contributed by atoms with Crippen molar-refractivity contribution >= 4 is 17.5 Å². The number of ether oxygens (including phenoxy) is 2. The molecule has 1 saturated heterocycles. The van der Waals surface area contributed by atoms with Crippen molar-refractivity contribution in [3.8, 4) is 5.75 Å². The largest absolute Gasteiger partial charge is 0.479 e. The Balaban J connectivity index is 1.56. The molecule has 1 aliphatic heterocycles. The average molecular weight is 389 g/mol. The lowest BCUT2D eigenvalue weighted by atomic mass is 10.1. The van der Waals surface area contributed by atoms with Crippen LogP contribution >= 0.6 is 11.6 Å². The number of halogens is 1. The average Bonchev–Trinajstić information content (AvgIpc) is 2.69. The smallest absolute Gasteiger partial charge is 0.261 e. The maximum atomic E-state index is 12.4. The van der Waals surface area contributed by atoms with Crippen molar-refractivity contribution in [2.75, 3.05) is 26.3 Å². The second-order valence-electron chi connectivity index (χ2n) is 6.57. The van der Waals surface area contributed by atoms with Crippen molar-refractivity contribution in [2.45, 2.75) is 26.1 Å². The van der Waals surface area contributed by atoms with E-state index in [1.807, 2.05) is 24.3 Å². The van der Waals surface area contributed by atoms with Gasteiger partial charge in [0.05, 0.1) is 18.2 Å². The van der Waals surface area contributed by atoms with E-state index in [0.29, 0.717) is 17.3 Å². The number of nitrogens with one attached hydrogen (secondary N) is 1. The number of carbonyl (C=O) groups is 1. The summed E-state index contributed by atoms with van der Waals surface area (Å²) in [6, 6.07) is 15.3. The Kier molecular flexibility index (Phi) is 7.10. The molecule has 1 amide bonds. The molecular formula is C21H25ClN2O3. The van der Waals surface area contributed by atoms with Gasteiger partial charge >= 0.3 is 0 Å². The van der Waals surface area contributed by atoms with E-state index in [-0.39, 0.29) is 5.91 Å². The van der Waals surface area contributed by atoms with Crippen molar-refractivity contribution < 1.29 is 14.3 Å². The number of nitrogens with zero attached hydrogens (tertiary/aromatic N) is 1. The molecule has 1 aliphatic rings. The normalized spacial score (nSPS) is 15.9. The number of carbonyl (C=O) groups excluding carboxylic acids is 1. The van der Waals surface area contributed by atoms with Gasteiger partial charge in [0.1, 0.15) is 5.75 Å². The second-order valence-corrected chi connectivity index (χ2v) is 6.97. The second kappa shape index (κ2) is 9.74. The third-order valence-corrected chi connectivity index (χ3v) is 4.89. The van der Waals surface area contributed by atoms with E-state index in [1.165, 1.54) is 5.56 Å². The molecule has 1 fully saturated rings. The highest BCUT2D eigenvalue weighted by atomic mass is 35.5. The van der Waals surface area contributed by atoms with Crippen LogP contribution in [0.3, 0.4) is 0 Å². The Morgan fingerprint density at radius 2 is 1.81 bits per heavy atom. The molecule has 2 aromatic carbocycles. The molecule has 0 aliphatic carbocycles. The van der Waals surface area contributed by atoms with Crippen LogP contribution in [0.5, 0.6) is 5.75 Å². The summed E-state index contributed by atoms with van der Waals surface area (Å²) in [5, 5.41) is 3.46. The molecule has 0 bridgehead atoms. The zero-order valence-corrected chi connectivity index (χ0v) is 16.2. The van der Waals surface area contributed by atoms with Gasteiger partial charge in [-0.3, -0.25) is 9.69 Å². The van der Waals surface area contributed by atoms with Crippen molar-refractivity contribution in [3.05, 3.63) is 64.7 Å². The van der Waals surface area contributed by atoms with Crippen LogP contribution in [0.4, 0.5) is 0 Å². The summed E-state index contributed by atoms with van der Waals surface area (Å²) in [6.45, 7) is 6.47. The first-order valence-electron chi connectivity index (χ1n) is 9.19. The Morgan fingerprint density at radius 1 is 1.15 bits per heavy atom. The summed E-state index contributed by atoms with van der Waals surface area (Å²) in [6.07, 6.45) is -0.628. The highest BCUT2D eigenvalue weighted by Crippen LogP contribution is 2.24. The Bertz CT molecular complexity index is 763. The molecule has 5 nitrogen and oxygen atoms in total. The molecule has 6 heteroatoms. The first-order chi connectivity index (χ1) is 13.1. The number of amides is 1. The molecule has 27 heavy (non-hydrogen) atoms. The fourth-order valence-corrected chi connectivity index (χ4v) is 3.18. The Morgan fingerprint density at radius 3 is 2.56 bits per heavy atom. The standard InChI is InChI=1S/C21H25ClN2O3/c1-16(27-20-9-5-4-8-19(20)22)21(25)23-14-17-6-2-3-7-18(17)15-24-10-12-26-13-11-24/h2-9,16H,10-15H2,1H3,(H,23,25). The van der Waals surface area contributed by atoms with Crippen LogP contribution in [0.15, 0.2) is 48.5 Å². The molecular weight excluding hydrogens is 364 g/mol. The van der Waals surface area contributed by atoms with Crippen molar-refractivity contribution in [2.24, 2.45) is 0 Å². The summed E-state index contributed by atoms with van der Waals surface area (Å²) in [5.74, 6) is 0.339. The fourth-order valence-electron chi connectivity index (χ4n) is 2.99. The van der Waals surface area contributed by atoms with Gasteiger partial charge in [0.2, 0.25) is 0 Å². The van der Waals surface area contributed by atoms with E-state index in [2.05, 4.69) is 22.3 Å². The van der Waals surface area contributed by atoms with Crippen LogP contribution in [-0.2, 0) is 22.6 Å². The molecule has 144 valence electrons. The monoisotopic (exact) mass is 388 g/mol. The van der Waals surface area contributed by atoms with Crippen LogP contribution in [0.2, 0.25) is 5.02 Å². The minimum atomic E-state index is -0.628. The molecule has 1 unspecified atom stereocenters. The van der Waals surface area contributed by atoms with Crippen LogP contribution in [0.25, 0.3) is 0 Å². The molecule has 0 radical (unpaired) electrons. The molecule has 2 aromatic rings. The van der Waals surface area contributed by atoms with Gasteiger partial charge in [-0.15, -0.1) is 0 Å². The van der Waals surface area contributed by atoms with Gasteiger partial charge < -0.3 is 14.8 Å². The van der Waals surface area contributed by atoms with Gasteiger partial charge in [-0.25, -0.2) is 0 Å². The number of benzene rings is 2. The van der Waals surface area contributed by atoms with Crippen LogP contribution < -0.4 is 10.1 Å². The Hall–Kier alpha value is -2.08. The first-order valence-corrected chi connectivity index (χ1v) is 9.57. The van der Waals surface area contributed by atoms with Crippen molar-refractivity contribution in [1.82, 2.24) is 10.2 Å². The van der Waals surface area contributed by atoms with E-state index < -0.39 is 6.10 Å². The molecule has 0 aromatic heterocycles. The number of hydrogen-bond donors (Lipinski definition) is 1. The lowest BCUT2D eigenvalue weighted by Gasteiger charge is -2.27. The predicted octanol–water partition coefficient (Wildman–Crippen LogP) is 3.26. The molecule has 1 N–H and O–H groups in total. The van der Waals surface area contributed by atoms with Crippen molar-refractivity contribution in [1.29, 1.82) is 0 Å².